The summed E-state index contributed by atoms with van der Waals surface area (Å²) in [6.07, 6.45) is 6.48. The first-order valence-electron chi connectivity index (χ1n) is 7.84. The summed E-state index contributed by atoms with van der Waals surface area (Å²) < 4.78 is 0. The van der Waals surface area contributed by atoms with Crippen LogP contribution in [0.3, 0.4) is 0 Å². The van der Waals surface area contributed by atoms with E-state index in [2.05, 4.69) is 51.2 Å². The van der Waals surface area contributed by atoms with E-state index in [0.29, 0.717) is 11.5 Å². The minimum absolute atomic E-state index is 0.364. The van der Waals surface area contributed by atoms with Crippen LogP contribution < -0.4 is 5.32 Å². The van der Waals surface area contributed by atoms with Crippen LogP contribution in [0.2, 0.25) is 0 Å². The molecule has 0 radical (unpaired) electrons. The molecule has 2 rings (SSSR count). The van der Waals surface area contributed by atoms with Gasteiger partial charge in [0.2, 0.25) is 0 Å². The lowest BCUT2D eigenvalue weighted by molar-refractivity contribution is 0.314. The SMILES string of the molecule is CCNC(CC(C)(C)C)c1ccc2c(c1)CCCC2. The number of nitrogens with one attached hydrogen (secondary N) is 1. The van der Waals surface area contributed by atoms with Crippen molar-refractivity contribution < 1.29 is 0 Å². The van der Waals surface area contributed by atoms with Gasteiger partial charge in [0, 0.05) is 6.04 Å². The smallest absolute Gasteiger partial charge is 0.0325 e. The van der Waals surface area contributed by atoms with E-state index < -0.39 is 0 Å². The molecule has 1 heteroatoms. The second-order valence-electron chi connectivity index (χ2n) is 7.11. The first-order valence-corrected chi connectivity index (χ1v) is 7.84. The third-order valence-electron chi connectivity index (χ3n) is 4.04. The molecule has 0 heterocycles. The number of benzene rings is 1. The zero-order valence-electron chi connectivity index (χ0n) is 13.1. The maximum absolute atomic E-state index is 3.66. The van der Waals surface area contributed by atoms with E-state index in [1.54, 1.807) is 11.1 Å². The van der Waals surface area contributed by atoms with Gasteiger partial charge in [0.05, 0.1) is 0 Å². The fourth-order valence-corrected chi connectivity index (χ4v) is 3.14. The van der Waals surface area contributed by atoms with Crippen molar-refractivity contribution in [1.29, 1.82) is 0 Å². The van der Waals surface area contributed by atoms with Gasteiger partial charge in [0.1, 0.15) is 0 Å². The Morgan fingerprint density at radius 3 is 2.42 bits per heavy atom. The van der Waals surface area contributed by atoms with Gasteiger partial charge in [0.15, 0.2) is 0 Å². The molecule has 0 aromatic heterocycles. The van der Waals surface area contributed by atoms with Gasteiger partial charge in [0.25, 0.3) is 0 Å². The molecule has 1 N–H and O–H groups in total. The molecule has 1 unspecified atom stereocenters. The number of rotatable bonds is 4. The van der Waals surface area contributed by atoms with Crippen LogP contribution in [0.4, 0.5) is 0 Å². The van der Waals surface area contributed by atoms with Crippen LogP contribution in [0.5, 0.6) is 0 Å². The second-order valence-corrected chi connectivity index (χ2v) is 7.11. The van der Waals surface area contributed by atoms with E-state index in [0.717, 1.165) is 6.54 Å². The molecule has 1 aliphatic rings. The Morgan fingerprint density at radius 1 is 1.11 bits per heavy atom. The molecule has 1 nitrogen and oxygen atoms in total. The summed E-state index contributed by atoms with van der Waals surface area (Å²) >= 11 is 0. The molecule has 19 heavy (non-hydrogen) atoms. The Kier molecular flexibility index (Phi) is 4.67. The predicted molar refractivity (Wildman–Crippen MR) is 83.6 cm³/mol. The third kappa shape index (κ3) is 4.07. The van der Waals surface area contributed by atoms with E-state index in [1.165, 1.54) is 37.7 Å². The third-order valence-corrected chi connectivity index (χ3v) is 4.04. The highest BCUT2D eigenvalue weighted by Gasteiger charge is 2.20. The van der Waals surface area contributed by atoms with E-state index in [9.17, 15) is 0 Å². The molecule has 1 aromatic rings. The molecule has 0 amide bonds. The zero-order valence-corrected chi connectivity index (χ0v) is 13.1. The molecule has 1 aliphatic carbocycles. The summed E-state index contributed by atoms with van der Waals surface area (Å²) in [6, 6.07) is 7.69. The van der Waals surface area contributed by atoms with Gasteiger partial charge >= 0.3 is 0 Å². The van der Waals surface area contributed by atoms with Crippen molar-refractivity contribution in [3.05, 3.63) is 34.9 Å². The largest absolute Gasteiger partial charge is 0.310 e. The van der Waals surface area contributed by atoms with Crippen LogP contribution in [0.15, 0.2) is 18.2 Å². The molecular weight excluding hydrogens is 230 g/mol. The number of hydrogen-bond donors (Lipinski definition) is 1. The molecule has 0 spiro atoms. The normalized spacial score (nSPS) is 17.1. The molecule has 106 valence electrons. The van der Waals surface area contributed by atoms with Crippen molar-refractivity contribution in [3.63, 3.8) is 0 Å². The van der Waals surface area contributed by atoms with Gasteiger partial charge in [-0.05, 0) is 60.8 Å². The first kappa shape index (κ1) is 14.6. The van der Waals surface area contributed by atoms with Gasteiger partial charge in [-0.1, -0.05) is 45.9 Å². The Labute approximate surface area is 118 Å². The van der Waals surface area contributed by atoms with Crippen molar-refractivity contribution in [2.75, 3.05) is 6.54 Å². The van der Waals surface area contributed by atoms with Crippen LogP contribution in [0, 0.1) is 5.41 Å². The summed E-state index contributed by atoms with van der Waals surface area (Å²) in [6.45, 7) is 10.2. The fraction of sp³-hybridized carbons (Fsp3) is 0.667. The molecule has 1 atom stereocenters. The van der Waals surface area contributed by atoms with Gasteiger partial charge in [-0.2, -0.15) is 0 Å². The average Bonchev–Trinajstić information content (AvgIpc) is 2.36. The standard InChI is InChI=1S/C18H29N/c1-5-19-17(13-18(2,3)4)16-11-10-14-8-6-7-9-15(14)12-16/h10-12,17,19H,5-9,13H2,1-4H3. The van der Waals surface area contributed by atoms with E-state index in [4.69, 9.17) is 0 Å². The van der Waals surface area contributed by atoms with Crippen LogP contribution in [-0.4, -0.2) is 6.54 Å². The molecule has 0 saturated heterocycles. The molecule has 0 fully saturated rings. The lowest BCUT2D eigenvalue weighted by Gasteiger charge is -2.28. The molecule has 0 aliphatic heterocycles. The number of aryl methyl sites for hydroxylation is 2. The summed E-state index contributed by atoms with van der Waals surface area (Å²) in [5, 5.41) is 3.66. The van der Waals surface area contributed by atoms with Gasteiger partial charge in [-0.25, -0.2) is 0 Å². The van der Waals surface area contributed by atoms with Crippen molar-refractivity contribution >= 4 is 0 Å². The quantitative estimate of drug-likeness (QED) is 0.829. The summed E-state index contributed by atoms with van der Waals surface area (Å²) in [7, 11) is 0. The molecule has 0 bridgehead atoms. The first-order chi connectivity index (χ1) is 8.99. The molecule has 0 saturated carbocycles. The van der Waals surface area contributed by atoms with Crippen LogP contribution in [0.25, 0.3) is 0 Å². The monoisotopic (exact) mass is 259 g/mol. The van der Waals surface area contributed by atoms with Crippen molar-refractivity contribution in [1.82, 2.24) is 5.32 Å². The predicted octanol–water partition coefficient (Wildman–Crippen LogP) is 4.65. The summed E-state index contributed by atoms with van der Waals surface area (Å²) in [5.41, 5.74) is 5.03. The zero-order chi connectivity index (χ0) is 13.9. The van der Waals surface area contributed by atoms with E-state index >= 15 is 0 Å². The van der Waals surface area contributed by atoms with Crippen LogP contribution >= 0.6 is 0 Å². The summed E-state index contributed by atoms with van der Waals surface area (Å²) in [5.74, 6) is 0. The van der Waals surface area contributed by atoms with Crippen molar-refractivity contribution in [2.24, 2.45) is 5.41 Å². The highest BCUT2D eigenvalue weighted by Crippen LogP contribution is 2.31. The van der Waals surface area contributed by atoms with Crippen LogP contribution in [-0.2, 0) is 12.8 Å². The molecule has 1 aromatic carbocycles. The highest BCUT2D eigenvalue weighted by molar-refractivity contribution is 5.35. The van der Waals surface area contributed by atoms with Gasteiger partial charge < -0.3 is 5.32 Å². The fourth-order valence-electron chi connectivity index (χ4n) is 3.14. The Bertz CT molecular complexity index is 414. The topological polar surface area (TPSA) is 12.0 Å². The lowest BCUT2D eigenvalue weighted by atomic mass is 9.83. The summed E-state index contributed by atoms with van der Waals surface area (Å²) in [4.78, 5) is 0. The Hall–Kier alpha value is -0.820. The maximum Gasteiger partial charge on any atom is 0.0325 e. The highest BCUT2D eigenvalue weighted by atomic mass is 14.9. The Morgan fingerprint density at radius 2 is 1.79 bits per heavy atom. The molecular formula is C18H29N. The van der Waals surface area contributed by atoms with Gasteiger partial charge in [-0.15, -0.1) is 0 Å². The minimum Gasteiger partial charge on any atom is -0.310 e. The van der Waals surface area contributed by atoms with Crippen molar-refractivity contribution in [3.8, 4) is 0 Å². The number of fused-ring (bicyclic) bond motifs is 1. The average molecular weight is 259 g/mol. The maximum atomic E-state index is 3.66. The van der Waals surface area contributed by atoms with E-state index in [1.807, 2.05) is 0 Å². The Balaban J connectivity index is 2.21. The van der Waals surface area contributed by atoms with Gasteiger partial charge in [-0.3, -0.25) is 0 Å². The minimum atomic E-state index is 0.364. The number of hydrogen-bond acceptors (Lipinski definition) is 1. The van der Waals surface area contributed by atoms with E-state index in [-0.39, 0.29) is 0 Å². The lowest BCUT2D eigenvalue weighted by Crippen LogP contribution is -2.25. The second kappa shape index (κ2) is 6.09. The van der Waals surface area contributed by atoms with Crippen molar-refractivity contribution in [2.45, 2.75) is 65.8 Å². The van der Waals surface area contributed by atoms with Crippen LogP contribution in [0.1, 0.15) is 69.7 Å².